The molecule has 0 bridgehead atoms. The van der Waals surface area contributed by atoms with Crippen molar-refractivity contribution in [2.24, 2.45) is 11.8 Å². The molecule has 1 unspecified atom stereocenters. The van der Waals surface area contributed by atoms with Gasteiger partial charge in [0.2, 0.25) is 17.6 Å². The summed E-state index contributed by atoms with van der Waals surface area (Å²) in [6.45, 7) is 3.32. The van der Waals surface area contributed by atoms with Crippen LogP contribution in [0.4, 0.5) is 0 Å². The number of amides is 1. The predicted molar refractivity (Wildman–Crippen MR) is 114 cm³/mol. The first-order chi connectivity index (χ1) is 15.0. The Hall–Kier alpha value is -2.45. The first-order valence-corrected chi connectivity index (χ1v) is 11.1. The standard InChI is InChI=1S/C22H27ClN4O4/c1-30-22(29)16-8-11-27(12-9-16)21(28)17-3-2-10-26(13-17)14-19-24-20(25-31-19)15-4-6-18(23)7-5-15/h4-7,16-17H,2-3,8-14H2,1H3. The smallest absolute Gasteiger partial charge is 0.308 e. The number of carbonyl (C=O) groups excluding carboxylic acids is 2. The number of methoxy groups -OCH3 is 1. The molecule has 1 aromatic heterocycles. The Morgan fingerprint density at radius 1 is 1.13 bits per heavy atom. The quantitative estimate of drug-likeness (QED) is 0.652. The number of esters is 1. The van der Waals surface area contributed by atoms with Gasteiger partial charge in [-0.3, -0.25) is 14.5 Å². The van der Waals surface area contributed by atoms with Crippen LogP contribution in [0.1, 0.15) is 31.6 Å². The summed E-state index contributed by atoms with van der Waals surface area (Å²) in [5.41, 5.74) is 0.849. The molecule has 0 radical (unpaired) electrons. The minimum atomic E-state index is -0.173. The first-order valence-electron chi connectivity index (χ1n) is 10.7. The van der Waals surface area contributed by atoms with Gasteiger partial charge in [0, 0.05) is 30.2 Å². The fourth-order valence-corrected chi connectivity index (χ4v) is 4.51. The molecule has 0 saturated carbocycles. The van der Waals surface area contributed by atoms with Gasteiger partial charge in [-0.15, -0.1) is 0 Å². The molecule has 166 valence electrons. The first kappa shape index (κ1) is 21.8. The lowest BCUT2D eigenvalue weighted by atomic mass is 9.93. The number of ether oxygens (including phenoxy) is 1. The van der Waals surface area contributed by atoms with Crippen LogP contribution in [0.3, 0.4) is 0 Å². The zero-order valence-corrected chi connectivity index (χ0v) is 18.4. The molecule has 0 aliphatic carbocycles. The van der Waals surface area contributed by atoms with E-state index in [0.29, 0.717) is 55.8 Å². The number of hydrogen-bond donors (Lipinski definition) is 0. The van der Waals surface area contributed by atoms with Gasteiger partial charge in [0.1, 0.15) is 0 Å². The molecule has 1 amide bonds. The molecule has 2 aliphatic rings. The minimum absolute atomic E-state index is 0.0397. The Morgan fingerprint density at radius 3 is 2.58 bits per heavy atom. The van der Waals surface area contributed by atoms with Crippen molar-refractivity contribution in [3.05, 3.63) is 35.2 Å². The highest BCUT2D eigenvalue weighted by molar-refractivity contribution is 6.30. The molecular formula is C22H27ClN4O4. The van der Waals surface area contributed by atoms with Crippen LogP contribution < -0.4 is 0 Å². The molecule has 2 aliphatic heterocycles. The fraction of sp³-hybridized carbons (Fsp3) is 0.545. The average Bonchev–Trinajstić information content (AvgIpc) is 3.27. The normalized spacial score (nSPS) is 20.6. The number of halogens is 1. The van der Waals surface area contributed by atoms with Crippen LogP contribution in [0.2, 0.25) is 5.02 Å². The van der Waals surface area contributed by atoms with Gasteiger partial charge in [0.25, 0.3) is 0 Å². The summed E-state index contributed by atoms with van der Waals surface area (Å²) >= 11 is 5.93. The number of nitrogens with zero attached hydrogens (tertiary/aromatic N) is 4. The third kappa shape index (κ3) is 5.25. The van der Waals surface area contributed by atoms with Crippen LogP contribution >= 0.6 is 11.6 Å². The number of piperidine rings is 2. The lowest BCUT2D eigenvalue weighted by Crippen LogP contribution is -2.47. The van der Waals surface area contributed by atoms with Crippen molar-refractivity contribution in [3.63, 3.8) is 0 Å². The van der Waals surface area contributed by atoms with E-state index in [1.807, 2.05) is 17.0 Å². The second kappa shape index (κ2) is 9.78. The second-order valence-corrected chi connectivity index (χ2v) is 8.65. The van der Waals surface area contributed by atoms with E-state index in [1.54, 1.807) is 12.1 Å². The van der Waals surface area contributed by atoms with Crippen molar-refractivity contribution in [1.82, 2.24) is 19.9 Å². The van der Waals surface area contributed by atoms with Crippen LogP contribution in [0.5, 0.6) is 0 Å². The number of benzene rings is 1. The van der Waals surface area contributed by atoms with Gasteiger partial charge in [-0.25, -0.2) is 0 Å². The number of hydrogen-bond acceptors (Lipinski definition) is 7. The molecule has 31 heavy (non-hydrogen) atoms. The molecule has 1 atom stereocenters. The monoisotopic (exact) mass is 446 g/mol. The summed E-state index contributed by atoms with van der Waals surface area (Å²) in [5, 5.41) is 4.73. The van der Waals surface area contributed by atoms with Crippen molar-refractivity contribution in [2.45, 2.75) is 32.2 Å². The van der Waals surface area contributed by atoms with E-state index in [-0.39, 0.29) is 23.7 Å². The number of likely N-dealkylation sites (tertiary alicyclic amines) is 2. The second-order valence-electron chi connectivity index (χ2n) is 8.22. The molecule has 1 aromatic carbocycles. The third-order valence-corrected chi connectivity index (χ3v) is 6.38. The summed E-state index contributed by atoms with van der Waals surface area (Å²) < 4.78 is 10.3. The summed E-state index contributed by atoms with van der Waals surface area (Å²) in [7, 11) is 1.41. The van der Waals surface area contributed by atoms with Gasteiger partial charge in [0.05, 0.1) is 25.5 Å². The summed E-state index contributed by atoms with van der Waals surface area (Å²) in [5.74, 6) is 0.946. The molecule has 2 fully saturated rings. The van der Waals surface area contributed by atoms with Crippen LogP contribution in [0.25, 0.3) is 11.4 Å². The van der Waals surface area contributed by atoms with Crippen molar-refractivity contribution >= 4 is 23.5 Å². The number of carbonyl (C=O) groups is 2. The van der Waals surface area contributed by atoms with Gasteiger partial charge in [-0.1, -0.05) is 16.8 Å². The highest BCUT2D eigenvalue weighted by Gasteiger charge is 2.33. The maximum absolute atomic E-state index is 13.0. The predicted octanol–water partition coefficient (Wildman–Crippen LogP) is 3.01. The van der Waals surface area contributed by atoms with Gasteiger partial charge < -0.3 is 14.2 Å². The maximum Gasteiger partial charge on any atom is 0.308 e. The molecular weight excluding hydrogens is 420 g/mol. The third-order valence-electron chi connectivity index (χ3n) is 6.13. The van der Waals surface area contributed by atoms with Crippen molar-refractivity contribution in [2.75, 3.05) is 33.3 Å². The average molecular weight is 447 g/mol. The van der Waals surface area contributed by atoms with Crippen LogP contribution in [-0.4, -0.2) is 65.1 Å². The van der Waals surface area contributed by atoms with E-state index in [4.69, 9.17) is 20.9 Å². The molecule has 3 heterocycles. The van der Waals surface area contributed by atoms with Crippen molar-refractivity contribution in [1.29, 1.82) is 0 Å². The maximum atomic E-state index is 13.0. The number of aromatic nitrogens is 2. The van der Waals surface area contributed by atoms with Crippen LogP contribution in [0.15, 0.2) is 28.8 Å². The van der Waals surface area contributed by atoms with E-state index in [9.17, 15) is 9.59 Å². The lowest BCUT2D eigenvalue weighted by molar-refractivity contribution is -0.150. The molecule has 4 rings (SSSR count). The SMILES string of the molecule is COC(=O)C1CCN(C(=O)C2CCCN(Cc3nc(-c4ccc(Cl)cc4)no3)C2)CC1. The van der Waals surface area contributed by atoms with Crippen LogP contribution in [-0.2, 0) is 20.9 Å². The van der Waals surface area contributed by atoms with Gasteiger partial charge in [-0.2, -0.15) is 4.98 Å². The van der Waals surface area contributed by atoms with E-state index >= 15 is 0 Å². The molecule has 8 nitrogen and oxygen atoms in total. The largest absolute Gasteiger partial charge is 0.469 e. The summed E-state index contributed by atoms with van der Waals surface area (Å²) in [6.07, 6.45) is 3.17. The zero-order chi connectivity index (χ0) is 21.8. The Labute approximate surface area is 186 Å². The fourth-order valence-electron chi connectivity index (χ4n) is 4.39. The van der Waals surface area contributed by atoms with E-state index < -0.39 is 0 Å². The topological polar surface area (TPSA) is 88.8 Å². The molecule has 0 spiro atoms. The van der Waals surface area contributed by atoms with Crippen molar-refractivity contribution < 1.29 is 18.8 Å². The van der Waals surface area contributed by atoms with E-state index in [1.165, 1.54) is 7.11 Å². The molecule has 2 aromatic rings. The van der Waals surface area contributed by atoms with Crippen LogP contribution in [0, 0.1) is 11.8 Å². The molecule has 9 heteroatoms. The van der Waals surface area contributed by atoms with Gasteiger partial charge in [0.15, 0.2) is 0 Å². The Balaban J connectivity index is 1.31. The van der Waals surface area contributed by atoms with E-state index in [2.05, 4.69) is 15.0 Å². The lowest BCUT2D eigenvalue weighted by Gasteiger charge is -2.37. The summed E-state index contributed by atoms with van der Waals surface area (Å²) in [6, 6.07) is 7.30. The zero-order valence-electron chi connectivity index (χ0n) is 17.6. The minimum Gasteiger partial charge on any atom is -0.469 e. The highest BCUT2D eigenvalue weighted by atomic mass is 35.5. The van der Waals surface area contributed by atoms with Gasteiger partial charge in [-0.05, 0) is 56.5 Å². The highest BCUT2D eigenvalue weighted by Crippen LogP contribution is 2.25. The van der Waals surface area contributed by atoms with Gasteiger partial charge >= 0.3 is 5.97 Å². The Bertz CT molecular complexity index is 908. The Morgan fingerprint density at radius 2 is 1.87 bits per heavy atom. The molecule has 2 saturated heterocycles. The van der Waals surface area contributed by atoms with Crippen molar-refractivity contribution in [3.8, 4) is 11.4 Å². The van der Waals surface area contributed by atoms with E-state index in [0.717, 1.165) is 24.9 Å². The number of rotatable bonds is 5. The molecule has 0 N–H and O–H groups in total. The Kier molecular flexibility index (Phi) is 6.87. The summed E-state index contributed by atoms with van der Waals surface area (Å²) in [4.78, 5) is 33.3.